The van der Waals surface area contributed by atoms with Crippen molar-refractivity contribution in [2.45, 2.75) is 18.7 Å². The molecule has 0 amide bonds. The van der Waals surface area contributed by atoms with Crippen LogP contribution in [0.25, 0.3) is 0 Å². The van der Waals surface area contributed by atoms with Crippen LogP contribution < -0.4 is 4.90 Å². The van der Waals surface area contributed by atoms with Crippen molar-refractivity contribution in [3.63, 3.8) is 0 Å². The molecule has 1 saturated heterocycles. The molecular weight excluding hydrogens is 240 g/mol. The van der Waals surface area contributed by atoms with Crippen molar-refractivity contribution in [2.75, 3.05) is 18.0 Å². The second kappa shape index (κ2) is 3.89. The largest absolute Gasteiger partial charge is 0.355 e. The fourth-order valence-electron chi connectivity index (χ4n) is 1.82. The van der Waals surface area contributed by atoms with Gasteiger partial charge in [-0.25, -0.2) is 4.98 Å². The Bertz CT molecular complexity index is 317. The van der Waals surface area contributed by atoms with Crippen molar-refractivity contribution in [1.82, 2.24) is 4.98 Å². The first-order valence-electron chi connectivity index (χ1n) is 4.99. The number of aryl methyl sites for hydroxylation is 1. The molecule has 1 aliphatic rings. The van der Waals surface area contributed by atoms with Crippen LogP contribution in [0.1, 0.15) is 12.6 Å². The predicted molar refractivity (Wildman–Crippen MR) is 63.1 cm³/mol. The first-order chi connectivity index (χ1) is 6.66. The summed E-state index contributed by atoms with van der Waals surface area (Å²) in [4.78, 5) is 7.48. The van der Waals surface area contributed by atoms with E-state index in [1.165, 1.54) is 0 Å². The van der Waals surface area contributed by atoms with Gasteiger partial charge in [0.1, 0.15) is 5.82 Å². The maximum absolute atomic E-state index is 4.53. The van der Waals surface area contributed by atoms with Crippen LogP contribution in [0, 0.1) is 12.8 Å². The Labute approximate surface area is 93.5 Å². The van der Waals surface area contributed by atoms with Crippen LogP contribution in [0.15, 0.2) is 18.2 Å². The van der Waals surface area contributed by atoms with E-state index in [0.717, 1.165) is 24.6 Å². The van der Waals surface area contributed by atoms with Crippen LogP contribution in [0.2, 0.25) is 0 Å². The highest BCUT2D eigenvalue weighted by Gasteiger charge is 2.27. The number of anilines is 1. The standard InChI is InChI=1S/C11H15BrN2/c1-8-6-14(7-10(8)12)11-5-3-4-9(2)13-11/h3-5,8,10H,6-7H2,1-2H3. The quantitative estimate of drug-likeness (QED) is 0.717. The van der Waals surface area contributed by atoms with E-state index < -0.39 is 0 Å². The van der Waals surface area contributed by atoms with Crippen LogP contribution in [0.3, 0.4) is 0 Å². The Balaban J connectivity index is 2.17. The van der Waals surface area contributed by atoms with Gasteiger partial charge >= 0.3 is 0 Å². The van der Waals surface area contributed by atoms with Crippen molar-refractivity contribution in [3.05, 3.63) is 23.9 Å². The van der Waals surface area contributed by atoms with E-state index in [1.807, 2.05) is 13.0 Å². The molecule has 2 unspecified atom stereocenters. The number of pyridine rings is 1. The summed E-state index contributed by atoms with van der Waals surface area (Å²) in [5.41, 5.74) is 1.09. The monoisotopic (exact) mass is 254 g/mol. The summed E-state index contributed by atoms with van der Waals surface area (Å²) in [6.07, 6.45) is 0. The van der Waals surface area contributed by atoms with Gasteiger partial charge < -0.3 is 4.90 Å². The lowest BCUT2D eigenvalue weighted by Gasteiger charge is -2.16. The Morgan fingerprint density at radius 1 is 1.43 bits per heavy atom. The average Bonchev–Trinajstić information content (AvgIpc) is 2.47. The van der Waals surface area contributed by atoms with E-state index in [0.29, 0.717) is 10.7 Å². The fraction of sp³-hybridized carbons (Fsp3) is 0.545. The van der Waals surface area contributed by atoms with Crippen LogP contribution in [0.4, 0.5) is 5.82 Å². The predicted octanol–water partition coefficient (Wildman–Crippen LogP) is 2.61. The number of alkyl halides is 1. The summed E-state index contributed by atoms with van der Waals surface area (Å²) in [6.45, 7) is 6.48. The number of rotatable bonds is 1. The van der Waals surface area contributed by atoms with Crippen molar-refractivity contribution in [3.8, 4) is 0 Å². The van der Waals surface area contributed by atoms with Crippen molar-refractivity contribution in [1.29, 1.82) is 0 Å². The summed E-state index contributed by atoms with van der Waals surface area (Å²) in [5.74, 6) is 1.82. The maximum atomic E-state index is 4.53. The molecule has 2 heterocycles. The zero-order valence-electron chi connectivity index (χ0n) is 8.57. The van der Waals surface area contributed by atoms with Crippen LogP contribution in [-0.4, -0.2) is 22.9 Å². The second-order valence-electron chi connectivity index (χ2n) is 4.04. The SMILES string of the molecule is Cc1cccc(N2CC(C)C(Br)C2)n1. The number of halogens is 1. The lowest BCUT2D eigenvalue weighted by atomic mass is 10.2. The molecule has 0 aliphatic carbocycles. The van der Waals surface area contributed by atoms with Crippen LogP contribution >= 0.6 is 15.9 Å². The fourth-order valence-corrected chi connectivity index (χ4v) is 2.34. The van der Waals surface area contributed by atoms with Gasteiger partial charge in [0.2, 0.25) is 0 Å². The molecule has 1 aromatic heterocycles. The zero-order chi connectivity index (χ0) is 10.1. The molecule has 1 fully saturated rings. The van der Waals surface area contributed by atoms with Gasteiger partial charge in [-0.05, 0) is 25.0 Å². The normalized spacial score (nSPS) is 26.9. The molecule has 2 atom stereocenters. The highest BCUT2D eigenvalue weighted by Crippen LogP contribution is 2.26. The maximum Gasteiger partial charge on any atom is 0.128 e. The van der Waals surface area contributed by atoms with Gasteiger partial charge in [-0.2, -0.15) is 0 Å². The van der Waals surface area contributed by atoms with E-state index in [2.05, 4.69) is 44.9 Å². The third kappa shape index (κ3) is 1.92. The van der Waals surface area contributed by atoms with Crippen molar-refractivity contribution >= 4 is 21.7 Å². The topological polar surface area (TPSA) is 16.1 Å². The number of hydrogen-bond acceptors (Lipinski definition) is 2. The Morgan fingerprint density at radius 3 is 2.79 bits per heavy atom. The summed E-state index contributed by atoms with van der Waals surface area (Å²) < 4.78 is 0. The number of nitrogens with zero attached hydrogens (tertiary/aromatic N) is 2. The molecule has 0 N–H and O–H groups in total. The molecule has 1 aliphatic heterocycles. The van der Waals surface area contributed by atoms with Gasteiger partial charge in [-0.3, -0.25) is 0 Å². The molecule has 3 heteroatoms. The minimum atomic E-state index is 0.602. The van der Waals surface area contributed by atoms with Gasteiger partial charge in [0.15, 0.2) is 0 Å². The van der Waals surface area contributed by atoms with E-state index >= 15 is 0 Å². The Morgan fingerprint density at radius 2 is 2.21 bits per heavy atom. The highest BCUT2D eigenvalue weighted by atomic mass is 79.9. The van der Waals surface area contributed by atoms with Gasteiger partial charge in [0.05, 0.1) is 0 Å². The average molecular weight is 255 g/mol. The number of hydrogen-bond donors (Lipinski definition) is 0. The van der Waals surface area contributed by atoms with Crippen molar-refractivity contribution < 1.29 is 0 Å². The molecule has 76 valence electrons. The zero-order valence-corrected chi connectivity index (χ0v) is 10.2. The lowest BCUT2D eigenvalue weighted by Crippen LogP contribution is -2.21. The minimum Gasteiger partial charge on any atom is -0.355 e. The third-order valence-corrected chi connectivity index (χ3v) is 3.91. The van der Waals surface area contributed by atoms with E-state index in [-0.39, 0.29) is 0 Å². The molecular formula is C11H15BrN2. The van der Waals surface area contributed by atoms with Gasteiger partial charge in [-0.1, -0.05) is 28.9 Å². The number of aromatic nitrogens is 1. The summed E-state index contributed by atoms with van der Waals surface area (Å²) >= 11 is 3.69. The lowest BCUT2D eigenvalue weighted by molar-refractivity contribution is 0.679. The van der Waals surface area contributed by atoms with E-state index in [9.17, 15) is 0 Å². The molecule has 0 aromatic carbocycles. The molecule has 2 rings (SSSR count). The van der Waals surface area contributed by atoms with Crippen LogP contribution in [-0.2, 0) is 0 Å². The van der Waals surface area contributed by atoms with Gasteiger partial charge in [-0.15, -0.1) is 0 Å². The summed E-state index contributed by atoms with van der Waals surface area (Å²) in [5, 5.41) is 0. The minimum absolute atomic E-state index is 0.602. The second-order valence-corrected chi connectivity index (χ2v) is 5.21. The molecule has 1 aromatic rings. The smallest absolute Gasteiger partial charge is 0.128 e. The summed E-state index contributed by atoms with van der Waals surface area (Å²) in [6, 6.07) is 6.20. The van der Waals surface area contributed by atoms with Crippen LogP contribution in [0.5, 0.6) is 0 Å². The Hall–Kier alpha value is -0.570. The first kappa shape index (κ1) is 9.97. The molecule has 2 nitrogen and oxygen atoms in total. The molecule has 0 bridgehead atoms. The third-order valence-electron chi connectivity index (χ3n) is 2.72. The van der Waals surface area contributed by atoms with E-state index in [1.54, 1.807) is 0 Å². The first-order valence-corrected chi connectivity index (χ1v) is 5.91. The molecule has 0 radical (unpaired) electrons. The highest BCUT2D eigenvalue weighted by molar-refractivity contribution is 9.09. The van der Waals surface area contributed by atoms with E-state index in [4.69, 9.17) is 0 Å². The summed E-state index contributed by atoms with van der Waals surface area (Å²) in [7, 11) is 0. The van der Waals surface area contributed by atoms with Crippen molar-refractivity contribution in [2.24, 2.45) is 5.92 Å². The molecule has 14 heavy (non-hydrogen) atoms. The molecule has 0 saturated carbocycles. The molecule has 0 spiro atoms. The Kier molecular flexibility index (Phi) is 2.77. The van der Waals surface area contributed by atoms with Gasteiger partial charge in [0.25, 0.3) is 0 Å². The van der Waals surface area contributed by atoms with Gasteiger partial charge in [0, 0.05) is 23.6 Å².